The predicted octanol–water partition coefficient (Wildman–Crippen LogP) is 3.16. The lowest BCUT2D eigenvalue weighted by Crippen LogP contribution is -2.06. The minimum atomic E-state index is 0.260. The van der Waals surface area contributed by atoms with Crippen LogP contribution in [0.4, 0.5) is 0 Å². The van der Waals surface area contributed by atoms with Gasteiger partial charge < -0.3 is 0 Å². The van der Waals surface area contributed by atoms with Gasteiger partial charge in [0, 0.05) is 0 Å². The first-order valence-corrected chi connectivity index (χ1v) is 3.31. The summed E-state index contributed by atoms with van der Waals surface area (Å²) in [5.74, 6) is 0. The van der Waals surface area contributed by atoms with Gasteiger partial charge in [0.05, 0.1) is 0 Å². The largest absolute Gasteiger partial charge is 0.0988 e. The van der Waals surface area contributed by atoms with Crippen LogP contribution in [0.3, 0.4) is 0 Å². The molecule has 0 fully saturated rings. The van der Waals surface area contributed by atoms with Gasteiger partial charge in [0.2, 0.25) is 0 Å². The lowest BCUT2D eigenvalue weighted by atomic mass is 9.86. The Hall–Kier alpha value is -0.520. The summed E-state index contributed by atoms with van der Waals surface area (Å²) >= 11 is 0. The van der Waals surface area contributed by atoms with Crippen molar-refractivity contribution in [2.75, 3.05) is 0 Å². The van der Waals surface area contributed by atoms with Crippen molar-refractivity contribution in [3.8, 4) is 0 Å². The molecule has 0 aliphatic heterocycles. The van der Waals surface area contributed by atoms with Gasteiger partial charge in [-0.1, -0.05) is 39.5 Å². The summed E-state index contributed by atoms with van der Waals surface area (Å²) in [7, 11) is 0. The molecule has 0 heteroatoms. The van der Waals surface area contributed by atoms with Crippen LogP contribution in [0.5, 0.6) is 0 Å². The van der Waals surface area contributed by atoms with Crippen molar-refractivity contribution in [2.24, 2.45) is 5.41 Å². The van der Waals surface area contributed by atoms with Gasteiger partial charge in [-0.05, 0) is 17.9 Å². The molecule has 0 aromatic rings. The van der Waals surface area contributed by atoms with E-state index in [0.29, 0.717) is 0 Å². The van der Waals surface area contributed by atoms with Gasteiger partial charge in [-0.15, -0.1) is 0 Å². The Kier molecular flexibility index (Phi) is 2.69. The standard InChI is InChI=1S/C9H16/c1-6-8(7-2)9(3,4)5/h6-7H,1H2,2-5H3/b8-7-. The van der Waals surface area contributed by atoms with E-state index in [9.17, 15) is 0 Å². The van der Waals surface area contributed by atoms with Crippen LogP contribution in [0.1, 0.15) is 27.7 Å². The molecule has 0 N–H and O–H groups in total. The minimum Gasteiger partial charge on any atom is -0.0988 e. The zero-order valence-corrected chi connectivity index (χ0v) is 6.86. The fourth-order valence-electron chi connectivity index (χ4n) is 0.857. The third kappa shape index (κ3) is 2.50. The molecule has 52 valence electrons. The highest BCUT2D eigenvalue weighted by Gasteiger charge is 2.11. The van der Waals surface area contributed by atoms with Crippen LogP contribution >= 0.6 is 0 Å². The van der Waals surface area contributed by atoms with E-state index in [1.807, 2.05) is 13.0 Å². The molecule has 0 aliphatic rings. The SMILES string of the molecule is C=C/C(=C/C)C(C)(C)C. The van der Waals surface area contributed by atoms with E-state index in [4.69, 9.17) is 0 Å². The van der Waals surface area contributed by atoms with Crippen molar-refractivity contribution < 1.29 is 0 Å². The highest BCUT2D eigenvalue weighted by atomic mass is 14.2. The Bertz CT molecular complexity index is 121. The van der Waals surface area contributed by atoms with E-state index in [1.54, 1.807) is 0 Å². The fourth-order valence-corrected chi connectivity index (χ4v) is 0.857. The summed E-state index contributed by atoms with van der Waals surface area (Å²) in [5, 5.41) is 0. The summed E-state index contributed by atoms with van der Waals surface area (Å²) in [5.41, 5.74) is 1.57. The van der Waals surface area contributed by atoms with Crippen LogP contribution in [-0.2, 0) is 0 Å². The third-order valence-corrected chi connectivity index (χ3v) is 1.40. The van der Waals surface area contributed by atoms with Crippen molar-refractivity contribution >= 4 is 0 Å². The first kappa shape index (κ1) is 8.48. The van der Waals surface area contributed by atoms with Gasteiger partial charge in [0.1, 0.15) is 0 Å². The van der Waals surface area contributed by atoms with Crippen molar-refractivity contribution in [3.63, 3.8) is 0 Å². The molecule has 0 unspecified atom stereocenters. The molecule has 0 saturated heterocycles. The quantitative estimate of drug-likeness (QED) is 0.471. The molecule has 0 atom stereocenters. The molecule has 0 amide bonds. The molecular formula is C9H16. The molecule has 0 heterocycles. The second-order valence-electron chi connectivity index (χ2n) is 3.20. The molecule has 0 aromatic carbocycles. The molecule has 0 aliphatic carbocycles. The summed E-state index contributed by atoms with van der Waals surface area (Å²) in [4.78, 5) is 0. The van der Waals surface area contributed by atoms with E-state index < -0.39 is 0 Å². The van der Waals surface area contributed by atoms with E-state index >= 15 is 0 Å². The van der Waals surface area contributed by atoms with Crippen molar-refractivity contribution in [3.05, 3.63) is 24.3 Å². The van der Waals surface area contributed by atoms with Crippen LogP contribution in [0.25, 0.3) is 0 Å². The Morgan fingerprint density at radius 3 is 1.78 bits per heavy atom. The third-order valence-electron chi connectivity index (χ3n) is 1.40. The van der Waals surface area contributed by atoms with Crippen LogP contribution < -0.4 is 0 Å². The Morgan fingerprint density at radius 1 is 1.33 bits per heavy atom. The smallest absolute Gasteiger partial charge is 0.0135 e. The number of rotatable bonds is 1. The molecule has 0 bridgehead atoms. The zero-order valence-electron chi connectivity index (χ0n) is 6.86. The highest BCUT2D eigenvalue weighted by molar-refractivity contribution is 5.21. The predicted molar refractivity (Wildman–Crippen MR) is 43.4 cm³/mol. The molecule has 0 rings (SSSR count). The first-order chi connectivity index (χ1) is 4.02. The van der Waals surface area contributed by atoms with Gasteiger partial charge in [-0.25, -0.2) is 0 Å². The number of hydrogen-bond acceptors (Lipinski definition) is 0. The number of hydrogen-bond donors (Lipinski definition) is 0. The van der Waals surface area contributed by atoms with Crippen LogP contribution in [0.15, 0.2) is 24.3 Å². The minimum absolute atomic E-state index is 0.260. The van der Waals surface area contributed by atoms with Gasteiger partial charge in [-0.3, -0.25) is 0 Å². The Labute approximate surface area is 58.3 Å². The molecule has 9 heavy (non-hydrogen) atoms. The van der Waals surface area contributed by atoms with E-state index in [0.717, 1.165) is 0 Å². The summed E-state index contributed by atoms with van der Waals surface area (Å²) in [6, 6.07) is 0. The van der Waals surface area contributed by atoms with Gasteiger partial charge in [0.15, 0.2) is 0 Å². The monoisotopic (exact) mass is 124 g/mol. The molecule has 0 radical (unpaired) electrons. The molecule has 0 saturated carbocycles. The van der Waals surface area contributed by atoms with Crippen molar-refractivity contribution in [2.45, 2.75) is 27.7 Å². The highest BCUT2D eigenvalue weighted by Crippen LogP contribution is 2.24. The maximum atomic E-state index is 3.73. The topological polar surface area (TPSA) is 0 Å². The second-order valence-corrected chi connectivity index (χ2v) is 3.20. The van der Waals surface area contributed by atoms with E-state index in [-0.39, 0.29) is 5.41 Å². The molecule has 0 nitrogen and oxygen atoms in total. The summed E-state index contributed by atoms with van der Waals surface area (Å²) in [6.07, 6.45) is 4.02. The van der Waals surface area contributed by atoms with E-state index in [2.05, 4.69) is 33.4 Å². The maximum Gasteiger partial charge on any atom is -0.0135 e. The van der Waals surface area contributed by atoms with Crippen LogP contribution in [-0.4, -0.2) is 0 Å². The van der Waals surface area contributed by atoms with Crippen LogP contribution in [0, 0.1) is 5.41 Å². The first-order valence-electron chi connectivity index (χ1n) is 3.31. The average Bonchev–Trinajstić information content (AvgIpc) is 1.65. The van der Waals surface area contributed by atoms with Gasteiger partial charge in [0.25, 0.3) is 0 Å². The average molecular weight is 124 g/mol. The maximum absolute atomic E-state index is 3.73. The number of allylic oxidation sites excluding steroid dienone is 3. The lowest BCUT2D eigenvalue weighted by molar-refractivity contribution is 0.516. The van der Waals surface area contributed by atoms with Crippen molar-refractivity contribution in [1.82, 2.24) is 0 Å². The van der Waals surface area contributed by atoms with Crippen LogP contribution in [0.2, 0.25) is 0 Å². The van der Waals surface area contributed by atoms with Gasteiger partial charge >= 0.3 is 0 Å². The Morgan fingerprint density at radius 2 is 1.78 bits per heavy atom. The Balaban J connectivity index is 4.32. The van der Waals surface area contributed by atoms with Crippen molar-refractivity contribution in [1.29, 1.82) is 0 Å². The second kappa shape index (κ2) is 2.86. The van der Waals surface area contributed by atoms with Gasteiger partial charge in [-0.2, -0.15) is 0 Å². The van der Waals surface area contributed by atoms with E-state index in [1.165, 1.54) is 5.57 Å². The molecular weight excluding hydrogens is 108 g/mol. The fraction of sp³-hybridized carbons (Fsp3) is 0.556. The summed E-state index contributed by atoms with van der Waals surface area (Å²) in [6.45, 7) is 12.3. The summed E-state index contributed by atoms with van der Waals surface area (Å²) < 4.78 is 0. The molecule has 0 aromatic heterocycles. The lowest BCUT2D eigenvalue weighted by Gasteiger charge is -2.19. The zero-order chi connectivity index (χ0) is 7.49. The molecule has 0 spiro atoms. The normalized spacial score (nSPS) is 13.6.